The Kier molecular flexibility index (Phi) is 14.2. The molecule has 2 saturated heterocycles. The number of nitriles is 2. The zero-order valence-corrected chi connectivity index (χ0v) is 41.2. The van der Waals surface area contributed by atoms with E-state index in [0.29, 0.717) is 82.7 Å². The Hall–Kier alpha value is -6.85. The van der Waals surface area contributed by atoms with Crippen molar-refractivity contribution in [2.75, 3.05) is 72.2 Å². The molecule has 22 heteroatoms. The molecule has 0 saturated carbocycles. The van der Waals surface area contributed by atoms with Gasteiger partial charge in [-0.15, -0.1) is 4.36 Å². The van der Waals surface area contributed by atoms with Crippen molar-refractivity contribution in [1.82, 2.24) is 29.2 Å². The molecule has 20 nitrogen and oxygen atoms in total. The fourth-order valence-electron chi connectivity index (χ4n) is 7.36. The maximum atomic E-state index is 13.0. The van der Waals surface area contributed by atoms with E-state index in [1.54, 1.807) is 88.4 Å². The van der Waals surface area contributed by atoms with Crippen molar-refractivity contribution in [3.63, 3.8) is 0 Å². The molecule has 0 unspecified atom stereocenters. The van der Waals surface area contributed by atoms with Gasteiger partial charge in [-0.1, -0.05) is 0 Å². The molecule has 2 aliphatic heterocycles. The van der Waals surface area contributed by atoms with Gasteiger partial charge in [0.05, 0.1) is 79.4 Å². The molecule has 8 heterocycles. The second-order valence-electron chi connectivity index (χ2n) is 19.1. The minimum absolute atomic E-state index is 0.0832. The summed E-state index contributed by atoms with van der Waals surface area (Å²) in [6.07, 6.45) is 8.98. The minimum atomic E-state index is -2.69. The van der Waals surface area contributed by atoms with E-state index >= 15 is 0 Å². The Labute approximate surface area is 401 Å². The Morgan fingerprint density at radius 1 is 0.710 bits per heavy atom. The molecule has 6 aromatic rings. The monoisotopic (exact) mass is 980 g/mol. The first-order valence-corrected chi connectivity index (χ1v) is 25.8. The Balaban J connectivity index is 0.000000208. The number of hydrogen-bond acceptors (Lipinski definition) is 17. The van der Waals surface area contributed by atoms with Crippen molar-refractivity contribution in [3.05, 3.63) is 84.7 Å². The maximum absolute atomic E-state index is 13.0. The third kappa shape index (κ3) is 12.8. The Morgan fingerprint density at radius 2 is 1.13 bits per heavy atom. The summed E-state index contributed by atoms with van der Waals surface area (Å²) in [6, 6.07) is 15.5. The summed E-state index contributed by atoms with van der Waals surface area (Å²) in [5.74, 6) is 3.63. The molecule has 1 amide bonds. The van der Waals surface area contributed by atoms with Gasteiger partial charge in [0.25, 0.3) is 0 Å². The Bertz CT molecular complexity index is 3160. The van der Waals surface area contributed by atoms with Crippen molar-refractivity contribution in [2.45, 2.75) is 65.3 Å². The van der Waals surface area contributed by atoms with E-state index in [9.17, 15) is 33.9 Å². The molecule has 0 radical (unpaired) electrons. The number of carbonyl (C=O) groups is 1. The normalized spacial score (nSPS) is 15.9. The lowest BCUT2D eigenvalue weighted by atomic mass is 10.1. The molecule has 69 heavy (non-hydrogen) atoms. The molecule has 0 atom stereocenters. The lowest BCUT2D eigenvalue weighted by Gasteiger charge is -2.29. The molecule has 6 aromatic heterocycles. The fourth-order valence-corrected chi connectivity index (χ4v) is 10.3. The zero-order valence-electron chi connectivity index (χ0n) is 39.6. The largest absolute Gasteiger partial charge is 0.489 e. The van der Waals surface area contributed by atoms with Gasteiger partial charge in [-0.25, -0.2) is 32.2 Å². The highest BCUT2D eigenvalue weighted by Crippen LogP contribution is 2.34. The van der Waals surface area contributed by atoms with E-state index in [0.717, 1.165) is 22.5 Å². The fraction of sp³-hybridized carbons (Fsp3) is 0.426. The molecule has 2 aliphatic rings. The van der Waals surface area contributed by atoms with Crippen LogP contribution in [0.2, 0.25) is 0 Å². The number of amides is 1. The summed E-state index contributed by atoms with van der Waals surface area (Å²) >= 11 is 0. The topological polar surface area (TPSA) is 270 Å². The highest BCUT2D eigenvalue weighted by molar-refractivity contribution is 7.94. The summed E-state index contributed by atoms with van der Waals surface area (Å²) in [4.78, 5) is 25.3. The van der Waals surface area contributed by atoms with E-state index in [2.05, 4.69) is 36.7 Å². The summed E-state index contributed by atoms with van der Waals surface area (Å²) < 4.78 is 56.5. The summed E-state index contributed by atoms with van der Waals surface area (Å²) in [5, 5.41) is 47.7. The van der Waals surface area contributed by atoms with Crippen molar-refractivity contribution in [1.29, 1.82) is 15.3 Å². The van der Waals surface area contributed by atoms with Crippen LogP contribution in [0.5, 0.6) is 11.5 Å². The third-order valence-corrected chi connectivity index (χ3v) is 14.5. The van der Waals surface area contributed by atoms with Crippen molar-refractivity contribution in [2.24, 2.45) is 4.36 Å². The molecular formula is C47H56N12O8S2. The van der Waals surface area contributed by atoms with Crippen LogP contribution >= 0.6 is 0 Å². The summed E-state index contributed by atoms with van der Waals surface area (Å²) in [6.45, 7) is 14.0. The van der Waals surface area contributed by atoms with Gasteiger partial charge in [0, 0.05) is 82.1 Å². The predicted octanol–water partition coefficient (Wildman–Crippen LogP) is 5.93. The number of fused-ring (bicyclic) bond motifs is 2. The average Bonchev–Trinajstić information content (AvgIpc) is 3.90. The van der Waals surface area contributed by atoms with E-state index in [1.165, 1.54) is 12.4 Å². The quantitative estimate of drug-likeness (QED) is 0.144. The van der Waals surface area contributed by atoms with Gasteiger partial charge >= 0.3 is 6.09 Å². The number of nitrogens with zero attached hydrogens (tertiary/aromatic N) is 11. The molecule has 0 bridgehead atoms. The standard InChI is InChI=1S/C26H32N6O5S.C21H24N6O3S/c1-25(2,3)37-24(33)30-38(35)10-8-31(9-11-38)22-7-6-18(14-28-22)21-12-20(36-17-26(4,5)34)16-32-23(21)19(13-27)15-29-32;1-21(2,28)14-30-17-9-18(20-16(10-22)12-25-27(20)13-17)15-3-4-19(24-11-15)26-5-7-31(23,29)8-6-26/h6-7,12,14-16,34H,8-11,17H2,1-5H3;3-4,9,11-13,23,28H,5-8,14H2,1-2H3. The number of hydrogen-bond donors (Lipinski definition) is 3. The van der Waals surface area contributed by atoms with E-state index in [-0.39, 0.29) is 24.7 Å². The van der Waals surface area contributed by atoms with Gasteiger partial charge in [-0.05, 0) is 84.9 Å². The molecule has 8 rings (SSSR count). The number of nitrogens with one attached hydrogen (secondary N) is 1. The van der Waals surface area contributed by atoms with E-state index in [1.807, 2.05) is 40.1 Å². The second-order valence-corrected chi connectivity index (χ2v) is 24.0. The van der Waals surface area contributed by atoms with Gasteiger partial charge in [-0.2, -0.15) is 20.7 Å². The number of pyridine rings is 4. The highest BCUT2D eigenvalue weighted by atomic mass is 32.2. The molecule has 0 aromatic carbocycles. The zero-order chi connectivity index (χ0) is 49.9. The number of anilines is 2. The van der Waals surface area contributed by atoms with E-state index < -0.39 is 42.4 Å². The van der Waals surface area contributed by atoms with Crippen LogP contribution in [0.1, 0.15) is 59.6 Å². The van der Waals surface area contributed by atoms with Crippen LogP contribution in [-0.2, 0) is 24.2 Å². The van der Waals surface area contributed by atoms with Crippen LogP contribution in [0.3, 0.4) is 0 Å². The number of carbonyl (C=O) groups excluding carboxylic acids is 1. The van der Waals surface area contributed by atoms with Crippen molar-refractivity contribution < 1.29 is 37.6 Å². The first kappa shape index (κ1) is 50.0. The van der Waals surface area contributed by atoms with Crippen molar-refractivity contribution in [3.8, 4) is 45.9 Å². The second kappa shape index (κ2) is 19.6. The first-order valence-electron chi connectivity index (χ1n) is 22.1. The third-order valence-electron chi connectivity index (χ3n) is 10.7. The van der Waals surface area contributed by atoms with Crippen LogP contribution in [0.4, 0.5) is 16.4 Å². The van der Waals surface area contributed by atoms with Gasteiger partial charge in [0.2, 0.25) is 0 Å². The molecule has 0 aliphatic carbocycles. The number of rotatable bonds is 10. The summed E-state index contributed by atoms with van der Waals surface area (Å²) in [5.41, 5.74) is 2.44. The molecule has 2 fully saturated rings. The molecular weight excluding hydrogens is 925 g/mol. The molecule has 0 spiro atoms. The first-order chi connectivity index (χ1) is 32.4. The van der Waals surface area contributed by atoms with Crippen LogP contribution in [0.15, 0.2) is 77.9 Å². The van der Waals surface area contributed by atoms with Crippen molar-refractivity contribution >= 4 is 48.2 Å². The van der Waals surface area contributed by atoms with E-state index in [4.69, 9.17) is 19.0 Å². The lowest BCUT2D eigenvalue weighted by Crippen LogP contribution is -2.41. The van der Waals surface area contributed by atoms with Gasteiger partial charge < -0.3 is 34.2 Å². The summed E-state index contributed by atoms with van der Waals surface area (Å²) in [7, 11) is -5.15. The lowest BCUT2D eigenvalue weighted by molar-refractivity contribution is 0.0280. The number of ether oxygens (including phenoxy) is 3. The van der Waals surface area contributed by atoms with Gasteiger partial charge in [0.15, 0.2) is 0 Å². The smallest absolute Gasteiger partial charge is 0.442 e. The number of aromatic nitrogens is 6. The Morgan fingerprint density at radius 3 is 1.49 bits per heavy atom. The van der Waals surface area contributed by atoms with Crippen LogP contribution in [0, 0.1) is 27.4 Å². The SMILES string of the molecule is CC(C)(O)COc1cc(-c2ccc(N3CCS(=N)(=O)CC3)nc2)c2c(C#N)cnn2c1.CC(C)(O)COc1cc(-c2ccc(N3CCS(=O)(=NC(=O)OC(C)(C)C)CC3)nc2)c2c(C#N)cnn2c1. The highest BCUT2D eigenvalue weighted by Gasteiger charge is 2.26. The maximum Gasteiger partial charge on any atom is 0.442 e. The molecule has 364 valence electrons. The van der Waals surface area contributed by atoms with Crippen LogP contribution in [0.25, 0.3) is 33.3 Å². The average molecular weight is 981 g/mol. The van der Waals surface area contributed by atoms with Crippen LogP contribution < -0.4 is 19.3 Å². The van der Waals surface area contributed by atoms with Crippen LogP contribution in [-0.4, -0.2) is 133 Å². The predicted molar refractivity (Wildman–Crippen MR) is 261 cm³/mol. The van der Waals surface area contributed by atoms with Gasteiger partial charge in [0.1, 0.15) is 54.1 Å². The molecule has 3 N–H and O–H groups in total. The van der Waals surface area contributed by atoms with Gasteiger partial charge in [-0.3, -0.25) is 4.78 Å². The minimum Gasteiger partial charge on any atom is -0.489 e. The number of aliphatic hydroxyl groups is 2.